The first kappa shape index (κ1) is 12.0. The number of benzene rings is 1. The number of rotatable bonds is 2. The molecule has 2 N–H and O–H groups in total. The first-order chi connectivity index (χ1) is 8.00. The van der Waals surface area contributed by atoms with E-state index in [-0.39, 0.29) is 0 Å². The smallest absolute Gasteiger partial charge is 0.0941 e. The predicted molar refractivity (Wildman–Crippen MR) is 78.0 cm³/mol. The van der Waals surface area contributed by atoms with Gasteiger partial charge in [0.25, 0.3) is 0 Å². The fraction of sp³-hybridized carbons (Fsp3) is 0.286. The minimum Gasteiger partial charge on any atom is -0.390 e. The molecule has 3 heteroatoms. The van der Waals surface area contributed by atoms with Gasteiger partial charge in [0.05, 0.1) is 5.00 Å². The van der Waals surface area contributed by atoms with Crippen molar-refractivity contribution in [2.24, 2.45) is 0 Å². The number of hydrogen-bond acceptors (Lipinski definition) is 3. The van der Waals surface area contributed by atoms with Crippen LogP contribution < -0.4 is 10.6 Å². The molecule has 0 saturated heterocycles. The minimum absolute atomic E-state index is 0.914. The number of nitrogen functional groups attached to an aromatic ring is 1. The first-order valence-electron chi connectivity index (χ1n) is 5.64. The summed E-state index contributed by atoms with van der Waals surface area (Å²) in [5, 5.41) is 0.914. The molecule has 0 unspecified atom stereocenters. The number of thiophene rings is 1. The number of hydrogen-bond donors (Lipinski definition) is 1. The monoisotopic (exact) mass is 246 g/mol. The van der Waals surface area contributed by atoms with Crippen LogP contribution in [-0.4, -0.2) is 14.1 Å². The summed E-state index contributed by atoms with van der Waals surface area (Å²) in [5.74, 6) is 0. The zero-order chi connectivity index (χ0) is 12.6. The third-order valence-corrected chi connectivity index (χ3v) is 4.12. The van der Waals surface area contributed by atoms with E-state index >= 15 is 0 Å². The van der Waals surface area contributed by atoms with Crippen LogP contribution in [0.25, 0.3) is 11.1 Å². The molecule has 0 spiro atoms. The second-order valence-electron chi connectivity index (χ2n) is 4.46. The highest BCUT2D eigenvalue weighted by atomic mass is 32.1. The highest BCUT2D eigenvalue weighted by Crippen LogP contribution is 2.38. The lowest BCUT2D eigenvalue weighted by Crippen LogP contribution is -2.07. The van der Waals surface area contributed by atoms with Crippen molar-refractivity contribution in [3.8, 4) is 11.1 Å². The van der Waals surface area contributed by atoms with Gasteiger partial charge in [-0.3, -0.25) is 0 Å². The SMILES string of the molecule is Cc1sc(N)c(-c2ccc(N(C)C)cc2)c1C. The van der Waals surface area contributed by atoms with Crippen molar-refractivity contribution >= 4 is 22.0 Å². The highest BCUT2D eigenvalue weighted by molar-refractivity contribution is 7.16. The van der Waals surface area contributed by atoms with Gasteiger partial charge in [0.1, 0.15) is 0 Å². The number of nitrogens with two attached hydrogens (primary N) is 1. The van der Waals surface area contributed by atoms with Crippen molar-refractivity contribution in [1.29, 1.82) is 0 Å². The lowest BCUT2D eigenvalue weighted by Gasteiger charge is -2.13. The second-order valence-corrected chi connectivity index (χ2v) is 5.72. The van der Waals surface area contributed by atoms with Gasteiger partial charge in [-0.1, -0.05) is 12.1 Å². The third-order valence-electron chi connectivity index (χ3n) is 3.08. The van der Waals surface area contributed by atoms with Crippen LogP contribution in [0.5, 0.6) is 0 Å². The zero-order valence-corrected chi connectivity index (χ0v) is 11.6. The standard InChI is InChI=1S/C14H18N2S/c1-9-10(2)17-14(15)13(9)11-5-7-12(8-6-11)16(3)4/h5-8H,15H2,1-4H3. The summed E-state index contributed by atoms with van der Waals surface area (Å²) in [6, 6.07) is 8.53. The fourth-order valence-electron chi connectivity index (χ4n) is 1.94. The Morgan fingerprint density at radius 1 is 1.06 bits per heavy atom. The fourth-order valence-corrected chi connectivity index (χ4v) is 2.90. The first-order valence-corrected chi connectivity index (χ1v) is 6.45. The van der Waals surface area contributed by atoms with Crippen LogP contribution in [0.2, 0.25) is 0 Å². The Morgan fingerprint density at radius 2 is 1.65 bits per heavy atom. The maximum atomic E-state index is 6.08. The summed E-state index contributed by atoms with van der Waals surface area (Å²) >= 11 is 1.67. The van der Waals surface area contributed by atoms with Gasteiger partial charge < -0.3 is 10.6 Å². The molecule has 2 aromatic rings. The van der Waals surface area contributed by atoms with Gasteiger partial charge in [-0.15, -0.1) is 11.3 Å². The second kappa shape index (κ2) is 4.41. The summed E-state index contributed by atoms with van der Waals surface area (Å²) in [7, 11) is 4.09. The van der Waals surface area contributed by atoms with Gasteiger partial charge in [-0.2, -0.15) is 0 Å². The normalized spacial score (nSPS) is 10.6. The van der Waals surface area contributed by atoms with Crippen LogP contribution in [0.1, 0.15) is 10.4 Å². The average Bonchev–Trinajstić information content (AvgIpc) is 2.53. The molecule has 0 bridgehead atoms. The van der Waals surface area contributed by atoms with Crippen molar-refractivity contribution in [3.63, 3.8) is 0 Å². The molecule has 0 aliphatic rings. The topological polar surface area (TPSA) is 29.3 Å². The average molecular weight is 246 g/mol. The van der Waals surface area contributed by atoms with Crippen LogP contribution in [0.3, 0.4) is 0 Å². The Kier molecular flexibility index (Phi) is 3.11. The van der Waals surface area contributed by atoms with E-state index in [4.69, 9.17) is 5.73 Å². The predicted octanol–water partition coefficient (Wildman–Crippen LogP) is 3.68. The maximum absolute atomic E-state index is 6.08. The van der Waals surface area contributed by atoms with E-state index in [1.165, 1.54) is 27.3 Å². The van der Waals surface area contributed by atoms with Gasteiger partial charge >= 0.3 is 0 Å². The van der Waals surface area contributed by atoms with Gasteiger partial charge in [-0.25, -0.2) is 0 Å². The van der Waals surface area contributed by atoms with Gasteiger partial charge in [0, 0.05) is 30.2 Å². The molecule has 0 aliphatic heterocycles. The molecule has 2 nitrogen and oxygen atoms in total. The number of aryl methyl sites for hydroxylation is 1. The molecule has 17 heavy (non-hydrogen) atoms. The van der Waals surface area contributed by atoms with E-state index in [1.807, 2.05) is 14.1 Å². The Hall–Kier alpha value is -1.48. The summed E-state index contributed by atoms with van der Waals surface area (Å²) < 4.78 is 0. The Labute approximate surface area is 107 Å². The molecule has 0 saturated carbocycles. The molecule has 0 fully saturated rings. The summed E-state index contributed by atoms with van der Waals surface area (Å²) in [5.41, 5.74) is 11.0. The van der Waals surface area contributed by atoms with Crippen molar-refractivity contribution in [2.45, 2.75) is 13.8 Å². The van der Waals surface area contributed by atoms with E-state index < -0.39 is 0 Å². The van der Waals surface area contributed by atoms with Gasteiger partial charge in [-0.05, 0) is 37.1 Å². The molecular weight excluding hydrogens is 228 g/mol. The Morgan fingerprint density at radius 3 is 2.06 bits per heavy atom. The van der Waals surface area contributed by atoms with Crippen LogP contribution in [0.4, 0.5) is 10.7 Å². The third kappa shape index (κ3) is 2.15. The van der Waals surface area contributed by atoms with E-state index in [0.29, 0.717) is 0 Å². The summed E-state index contributed by atoms with van der Waals surface area (Å²) in [4.78, 5) is 3.40. The summed E-state index contributed by atoms with van der Waals surface area (Å²) in [6.07, 6.45) is 0. The van der Waals surface area contributed by atoms with Crippen molar-refractivity contribution in [3.05, 3.63) is 34.7 Å². The van der Waals surface area contributed by atoms with Crippen LogP contribution in [0, 0.1) is 13.8 Å². The molecule has 0 atom stereocenters. The van der Waals surface area contributed by atoms with Gasteiger partial charge in [0.15, 0.2) is 0 Å². The van der Waals surface area contributed by atoms with E-state index in [0.717, 1.165) is 5.00 Å². The number of anilines is 2. The molecule has 1 aromatic heterocycles. The van der Waals surface area contributed by atoms with Crippen molar-refractivity contribution in [1.82, 2.24) is 0 Å². The Balaban J connectivity index is 2.47. The number of nitrogens with zero attached hydrogens (tertiary/aromatic N) is 1. The Bertz CT molecular complexity index is 524. The van der Waals surface area contributed by atoms with Crippen LogP contribution >= 0.6 is 11.3 Å². The molecular formula is C14H18N2S. The van der Waals surface area contributed by atoms with Crippen molar-refractivity contribution < 1.29 is 0 Å². The van der Waals surface area contributed by atoms with Crippen LogP contribution in [-0.2, 0) is 0 Å². The lowest BCUT2D eigenvalue weighted by molar-refractivity contribution is 1.13. The van der Waals surface area contributed by atoms with E-state index in [1.54, 1.807) is 11.3 Å². The molecule has 1 aromatic carbocycles. The molecule has 0 aliphatic carbocycles. The molecule has 0 radical (unpaired) electrons. The van der Waals surface area contributed by atoms with Gasteiger partial charge in [0.2, 0.25) is 0 Å². The molecule has 1 heterocycles. The molecule has 0 amide bonds. The van der Waals surface area contributed by atoms with Crippen LogP contribution in [0.15, 0.2) is 24.3 Å². The molecule has 2 rings (SSSR count). The maximum Gasteiger partial charge on any atom is 0.0941 e. The molecule has 90 valence electrons. The lowest BCUT2D eigenvalue weighted by atomic mass is 10.0. The zero-order valence-electron chi connectivity index (χ0n) is 10.7. The van der Waals surface area contributed by atoms with E-state index in [9.17, 15) is 0 Å². The largest absolute Gasteiger partial charge is 0.390 e. The van der Waals surface area contributed by atoms with Crippen molar-refractivity contribution in [2.75, 3.05) is 24.7 Å². The quantitative estimate of drug-likeness (QED) is 0.876. The highest BCUT2D eigenvalue weighted by Gasteiger charge is 2.11. The minimum atomic E-state index is 0.914. The van der Waals surface area contributed by atoms with E-state index in [2.05, 4.69) is 43.0 Å². The summed E-state index contributed by atoms with van der Waals surface area (Å²) in [6.45, 7) is 4.26.